The van der Waals surface area contributed by atoms with Gasteiger partial charge in [0.1, 0.15) is 16.6 Å². The monoisotopic (exact) mass is 299 g/mol. The van der Waals surface area contributed by atoms with E-state index in [-0.39, 0.29) is 11.1 Å². The van der Waals surface area contributed by atoms with Crippen molar-refractivity contribution in [2.24, 2.45) is 0 Å². The Morgan fingerprint density at radius 3 is 2.67 bits per heavy atom. The van der Waals surface area contributed by atoms with E-state index >= 15 is 0 Å². The van der Waals surface area contributed by atoms with Gasteiger partial charge in [-0.05, 0) is 38.8 Å². The molecule has 1 aromatic rings. The van der Waals surface area contributed by atoms with Gasteiger partial charge in [0.2, 0.25) is 0 Å². The summed E-state index contributed by atoms with van der Waals surface area (Å²) in [6.07, 6.45) is 11.7. The predicted octanol–water partition coefficient (Wildman–Crippen LogP) is 4.49. The highest BCUT2D eigenvalue weighted by Crippen LogP contribution is 2.67. The Morgan fingerprint density at radius 2 is 1.95 bits per heavy atom. The maximum Gasteiger partial charge on any atom is 0.184 e. The Hall–Kier alpha value is -1.17. The van der Waals surface area contributed by atoms with Gasteiger partial charge in [-0.2, -0.15) is 0 Å². The third kappa shape index (κ3) is 2.33. The van der Waals surface area contributed by atoms with E-state index < -0.39 is 7.49 Å². The van der Waals surface area contributed by atoms with Crippen molar-refractivity contribution in [1.82, 2.24) is 0 Å². The van der Waals surface area contributed by atoms with E-state index in [0.29, 0.717) is 0 Å². The molecule has 3 rings (SSSR count). The summed E-state index contributed by atoms with van der Waals surface area (Å²) >= 11 is 0. The van der Waals surface area contributed by atoms with Crippen molar-refractivity contribution in [3.63, 3.8) is 0 Å². The van der Waals surface area contributed by atoms with Crippen LogP contribution in [0.4, 0.5) is 0 Å². The molecule has 1 aliphatic carbocycles. The molecule has 1 aromatic carbocycles. The zero-order chi connectivity index (χ0) is 15.3. The van der Waals surface area contributed by atoms with Crippen molar-refractivity contribution in [3.8, 4) is 0 Å². The van der Waals surface area contributed by atoms with Gasteiger partial charge in [0, 0.05) is 11.5 Å². The average molecular weight is 299 g/mol. The van der Waals surface area contributed by atoms with Crippen LogP contribution in [0.2, 0.25) is 0 Å². The Bertz CT molecular complexity index is 661. The number of fused-ring (bicyclic) bond motifs is 3. The van der Waals surface area contributed by atoms with Crippen molar-refractivity contribution in [2.75, 3.05) is 6.16 Å². The summed E-state index contributed by atoms with van der Waals surface area (Å²) in [6, 6.07) is 6.45. The van der Waals surface area contributed by atoms with Crippen LogP contribution in [0.25, 0.3) is 0 Å². The third-order valence-electron chi connectivity index (χ3n) is 4.65. The average Bonchev–Trinajstić information content (AvgIpc) is 2.68. The lowest BCUT2D eigenvalue weighted by atomic mass is 9.96. The van der Waals surface area contributed by atoms with Crippen LogP contribution in [0.5, 0.6) is 0 Å². The van der Waals surface area contributed by atoms with Crippen molar-refractivity contribution in [2.45, 2.75) is 38.8 Å². The Labute approximate surface area is 128 Å². The molecule has 0 saturated heterocycles. The first-order chi connectivity index (χ1) is 9.83. The molecule has 1 N–H and O–H groups in total. The second-order valence-corrected chi connectivity index (χ2v) is 10.8. The van der Waals surface area contributed by atoms with Gasteiger partial charge in [-0.3, -0.25) is 0 Å². The fourth-order valence-corrected chi connectivity index (χ4v) is 6.73. The lowest BCUT2D eigenvalue weighted by Crippen LogP contribution is -2.33. The summed E-state index contributed by atoms with van der Waals surface area (Å²) in [5.41, 5.74) is 3.79. The minimum Gasteiger partial charge on any atom is -0.245 e. The van der Waals surface area contributed by atoms with Crippen LogP contribution >= 0.6 is 7.49 Å². The molecule has 2 aliphatic rings. The minimum absolute atomic E-state index is 0.113. The van der Waals surface area contributed by atoms with E-state index in [0.717, 1.165) is 6.16 Å². The summed E-state index contributed by atoms with van der Waals surface area (Å²) in [6.45, 7) is 8.68. The summed E-state index contributed by atoms with van der Waals surface area (Å²) in [4.78, 5) is 11.8. The van der Waals surface area contributed by atoms with Gasteiger partial charge in [-0.15, -0.1) is 0 Å². The summed E-state index contributed by atoms with van der Waals surface area (Å²) in [5.74, 6) is 0.279. The van der Waals surface area contributed by atoms with Crippen LogP contribution in [0.15, 0.2) is 54.2 Å². The number of benzene rings is 1. The van der Waals surface area contributed by atoms with Crippen molar-refractivity contribution < 1.29 is 4.89 Å². The van der Waals surface area contributed by atoms with Crippen molar-refractivity contribution in [3.05, 3.63) is 65.3 Å². The van der Waals surface area contributed by atoms with E-state index in [1.54, 1.807) is 0 Å². The molecule has 110 valence electrons. The number of rotatable bonds is 0. The SMILES string of the molecule is Cc1cccc2c1[P+](O)(C(C)(C)C)CC1=CC2C=CC=C1. The highest BCUT2D eigenvalue weighted by atomic mass is 31.2. The van der Waals surface area contributed by atoms with Gasteiger partial charge in [0.15, 0.2) is 7.49 Å². The molecular weight excluding hydrogens is 275 g/mol. The van der Waals surface area contributed by atoms with Crippen LogP contribution < -0.4 is 5.30 Å². The number of aryl methyl sites for hydroxylation is 1. The Kier molecular flexibility index (Phi) is 3.47. The molecular formula is C19H24OP+. The quantitative estimate of drug-likeness (QED) is 0.700. The number of hydrogen-bond donors (Lipinski definition) is 1. The molecule has 0 fully saturated rings. The molecule has 1 aliphatic heterocycles. The van der Waals surface area contributed by atoms with Crippen molar-refractivity contribution in [1.29, 1.82) is 0 Å². The molecule has 0 spiro atoms. The predicted molar refractivity (Wildman–Crippen MR) is 93.7 cm³/mol. The van der Waals surface area contributed by atoms with Gasteiger partial charge in [-0.25, -0.2) is 4.89 Å². The van der Waals surface area contributed by atoms with Gasteiger partial charge in [0.05, 0.1) is 0 Å². The first kappa shape index (κ1) is 14.8. The zero-order valence-corrected chi connectivity index (χ0v) is 14.2. The van der Waals surface area contributed by atoms with E-state index in [1.807, 2.05) is 0 Å². The highest BCUT2D eigenvalue weighted by molar-refractivity contribution is 7.79. The first-order valence-electron chi connectivity index (χ1n) is 7.59. The summed E-state index contributed by atoms with van der Waals surface area (Å²) in [7, 11) is -2.26. The normalized spacial score (nSPS) is 27.7. The molecule has 0 saturated carbocycles. The number of hydrogen-bond acceptors (Lipinski definition) is 1. The van der Waals surface area contributed by atoms with Gasteiger partial charge >= 0.3 is 0 Å². The minimum atomic E-state index is -2.26. The first-order valence-corrected chi connectivity index (χ1v) is 9.52. The Morgan fingerprint density at radius 1 is 1.19 bits per heavy atom. The topological polar surface area (TPSA) is 20.2 Å². The van der Waals surface area contributed by atoms with Crippen LogP contribution in [0.3, 0.4) is 0 Å². The highest BCUT2D eigenvalue weighted by Gasteiger charge is 2.54. The van der Waals surface area contributed by atoms with Crippen LogP contribution in [-0.2, 0) is 0 Å². The lowest BCUT2D eigenvalue weighted by Gasteiger charge is -2.34. The van der Waals surface area contributed by atoms with E-state index in [1.165, 1.54) is 22.0 Å². The molecule has 0 aromatic heterocycles. The second-order valence-electron chi connectivity index (χ2n) is 7.12. The van der Waals surface area contributed by atoms with Gasteiger partial charge in [0.25, 0.3) is 0 Å². The molecule has 21 heavy (non-hydrogen) atoms. The fourth-order valence-electron chi connectivity index (χ4n) is 3.38. The van der Waals surface area contributed by atoms with Crippen LogP contribution in [0.1, 0.15) is 37.8 Å². The molecule has 2 atom stereocenters. The molecule has 2 bridgehead atoms. The lowest BCUT2D eigenvalue weighted by molar-refractivity contribution is 0.564. The Balaban J connectivity index is 2.32. The molecule has 0 amide bonds. The molecule has 1 nitrogen and oxygen atoms in total. The largest absolute Gasteiger partial charge is 0.245 e. The van der Waals surface area contributed by atoms with Crippen molar-refractivity contribution >= 4 is 12.8 Å². The third-order valence-corrected chi connectivity index (χ3v) is 9.05. The van der Waals surface area contributed by atoms with E-state index in [4.69, 9.17) is 0 Å². The molecule has 1 heterocycles. The maximum absolute atomic E-state index is 11.8. The van der Waals surface area contributed by atoms with Crippen LogP contribution in [0, 0.1) is 6.92 Å². The van der Waals surface area contributed by atoms with E-state index in [2.05, 4.69) is 76.3 Å². The van der Waals surface area contributed by atoms with E-state index in [9.17, 15) is 4.89 Å². The zero-order valence-electron chi connectivity index (χ0n) is 13.3. The van der Waals surface area contributed by atoms with Crippen LogP contribution in [-0.4, -0.2) is 16.2 Å². The summed E-state index contributed by atoms with van der Waals surface area (Å²) in [5, 5.41) is 1.12. The molecule has 2 unspecified atom stereocenters. The maximum atomic E-state index is 11.8. The standard InChI is InChI=1S/C19H24OP/c1-14-8-7-11-17-16-10-6-5-9-15(12-16)13-21(20,18(14)17)19(2,3)4/h5-12,16,20H,13H2,1-4H3/q+1. The summed E-state index contributed by atoms with van der Waals surface area (Å²) < 4.78 is 0. The molecule has 0 radical (unpaired) electrons. The second kappa shape index (κ2) is 4.93. The number of allylic oxidation sites excluding steroid dienone is 6. The molecule has 2 heteroatoms. The van der Waals surface area contributed by atoms with Gasteiger partial charge < -0.3 is 0 Å². The van der Waals surface area contributed by atoms with Gasteiger partial charge in [-0.1, -0.05) is 48.6 Å². The smallest absolute Gasteiger partial charge is 0.184 e. The fraction of sp³-hybridized carbons (Fsp3) is 0.368.